The van der Waals surface area contributed by atoms with Crippen molar-refractivity contribution in [3.8, 4) is 6.07 Å². The van der Waals surface area contributed by atoms with Gasteiger partial charge in [-0.15, -0.1) is 0 Å². The summed E-state index contributed by atoms with van der Waals surface area (Å²) in [6, 6.07) is 11.0. The van der Waals surface area contributed by atoms with Gasteiger partial charge in [-0.3, -0.25) is 15.4 Å². The lowest BCUT2D eigenvalue weighted by atomic mass is 10.1. The minimum Gasteiger partial charge on any atom is -0.468 e. The van der Waals surface area contributed by atoms with Gasteiger partial charge in [-0.1, -0.05) is 0 Å². The maximum absolute atomic E-state index is 10.5. The first-order valence-corrected chi connectivity index (χ1v) is 5.60. The van der Waals surface area contributed by atoms with E-state index in [1.165, 1.54) is 12.1 Å². The molecule has 2 aromatic rings. The lowest BCUT2D eigenvalue weighted by molar-refractivity contribution is -0.384. The van der Waals surface area contributed by atoms with Gasteiger partial charge in [0.25, 0.3) is 5.69 Å². The maximum atomic E-state index is 10.5. The zero-order chi connectivity index (χ0) is 13.7. The zero-order valence-corrected chi connectivity index (χ0v) is 9.95. The molecule has 0 spiro atoms. The Labute approximate surface area is 109 Å². The number of hydrogen-bond donors (Lipinski definition) is 1. The third kappa shape index (κ3) is 3.18. The Morgan fingerprint density at radius 2 is 2.11 bits per heavy atom. The lowest BCUT2D eigenvalue weighted by Crippen LogP contribution is -2.19. The largest absolute Gasteiger partial charge is 0.468 e. The molecule has 1 heterocycles. The van der Waals surface area contributed by atoms with Crippen LogP contribution in [0.2, 0.25) is 0 Å². The van der Waals surface area contributed by atoms with Gasteiger partial charge in [-0.05, 0) is 29.8 Å². The molecule has 0 aliphatic carbocycles. The van der Waals surface area contributed by atoms with Gasteiger partial charge >= 0.3 is 0 Å². The molecule has 1 aromatic carbocycles. The van der Waals surface area contributed by atoms with Crippen molar-refractivity contribution >= 4 is 5.69 Å². The molecule has 1 atom stereocenters. The molecule has 1 aromatic heterocycles. The standard InChI is InChI=1S/C13H11N3O3/c14-8-13(15-9-12-2-1-7-19-12)10-3-5-11(6-4-10)16(17)18/h1-7,13,15H,9H2. The quantitative estimate of drug-likeness (QED) is 0.656. The van der Waals surface area contributed by atoms with Gasteiger partial charge in [-0.2, -0.15) is 5.26 Å². The van der Waals surface area contributed by atoms with Crippen LogP contribution in [0.25, 0.3) is 0 Å². The molecule has 0 fully saturated rings. The molecule has 6 nitrogen and oxygen atoms in total. The molecule has 0 saturated carbocycles. The van der Waals surface area contributed by atoms with Gasteiger partial charge in [0.05, 0.1) is 23.8 Å². The smallest absolute Gasteiger partial charge is 0.269 e. The summed E-state index contributed by atoms with van der Waals surface area (Å²) in [5.74, 6) is 0.724. The van der Waals surface area contributed by atoms with Crippen molar-refractivity contribution in [1.82, 2.24) is 5.32 Å². The predicted octanol–water partition coefficient (Wildman–Crippen LogP) is 2.54. The number of hydrogen-bond acceptors (Lipinski definition) is 5. The van der Waals surface area contributed by atoms with Crippen LogP contribution in [-0.2, 0) is 6.54 Å². The van der Waals surface area contributed by atoms with Crippen LogP contribution in [0.3, 0.4) is 0 Å². The number of nitro groups is 1. The molecule has 96 valence electrons. The average molecular weight is 257 g/mol. The first-order chi connectivity index (χ1) is 9.20. The van der Waals surface area contributed by atoms with Crippen molar-refractivity contribution in [2.45, 2.75) is 12.6 Å². The Morgan fingerprint density at radius 3 is 2.63 bits per heavy atom. The number of nitro benzene ring substituents is 1. The fourth-order valence-electron chi connectivity index (χ4n) is 1.64. The molecule has 0 radical (unpaired) electrons. The number of benzene rings is 1. The average Bonchev–Trinajstić information content (AvgIpc) is 2.93. The Kier molecular flexibility index (Phi) is 3.90. The first kappa shape index (κ1) is 12.8. The molecule has 0 aliphatic heterocycles. The van der Waals surface area contributed by atoms with Gasteiger partial charge in [-0.25, -0.2) is 0 Å². The fraction of sp³-hybridized carbons (Fsp3) is 0.154. The van der Waals surface area contributed by atoms with Crippen molar-refractivity contribution in [2.75, 3.05) is 0 Å². The van der Waals surface area contributed by atoms with E-state index in [0.29, 0.717) is 12.1 Å². The lowest BCUT2D eigenvalue weighted by Gasteiger charge is -2.10. The number of rotatable bonds is 5. The minimum atomic E-state index is -0.536. The van der Waals surface area contributed by atoms with Crippen molar-refractivity contribution in [3.05, 3.63) is 64.1 Å². The Balaban J connectivity index is 2.05. The number of nitriles is 1. The number of non-ortho nitro benzene ring substituents is 1. The van der Waals surface area contributed by atoms with Gasteiger partial charge in [0.15, 0.2) is 0 Å². The summed E-state index contributed by atoms with van der Waals surface area (Å²) < 4.78 is 5.15. The van der Waals surface area contributed by atoms with Crippen LogP contribution in [0.5, 0.6) is 0 Å². The number of furan rings is 1. The summed E-state index contributed by atoms with van der Waals surface area (Å²) in [7, 11) is 0. The van der Waals surface area contributed by atoms with Crippen LogP contribution in [0.15, 0.2) is 47.1 Å². The van der Waals surface area contributed by atoms with Crippen LogP contribution in [0, 0.1) is 21.4 Å². The Bertz CT molecular complexity index is 585. The third-order valence-corrected chi connectivity index (χ3v) is 2.63. The monoisotopic (exact) mass is 257 g/mol. The second-order valence-corrected chi connectivity index (χ2v) is 3.87. The summed E-state index contributed by atoms with van der Waals surface area (Å²) in [6.07, 6.45) is 1.56. The summed E-state index contributed by atoms with van der Waals surface area (Å²) in [6.45, 7) is 0.419. The summed E-state index contributed by atoms with van der Waals surface area (Å²) in [4.78, 5) is 10.1. The van der Waals surface area contributed by atoms with Crippen molar-refractivity contribution in [2.24, 2.45) is 0 Å². The highest BCUT2D eigenvalue weighted by molar-refractivity contribution is 5.35. The topological polar surface area (TPSA) is 92.1 Å². The van der Waals surface area contributed by atoms with E-state index >= 15 is 0 Å². The fourth-order valence-corrected chi connectivity index (χ4v) is 1.64. The first-order valence-electron chi connectivity index (χ1n) is 5.60. The summed E-state index contributed by atoms with van der Waals surface area (Å²) in [5, 5.41) is 22.7. The molecular formula is C13H11N3O3. The second-order valence-electron chi connectivity index (χ2n) is 3.87. The molecule has 0 amide bonds. The number of nitrogens with one attached hydrogen (secondary N) is 1. The molecule has 0 saturated heterocycles. The number of nitrogens with zero attached hydrogens (tertiary/aromatic N) is 2. The van der Waals surface area contributed by atoms with Crippen LogP contribution in [-0.4, -0.2) is 4.92 Å². The van der Waals surface area contributed by atoms with E-state index in [4.69, 9.17) is 9.68 Å². The minimum absolute atomic E-state index is 0.00599. The molecular weight excluding hydrogens is 246 g/mol. The molecule has 0 aliphatic rings. The van der Waals surface area contributed by atoms with E-state index in [1.54, 1.807) is 30.5 Å². The van der Waals surface area contributed by atoms with Crippen molar-refractivity contribution in [1.29, 1.82) is 5.26 Å². The zero-order valence-electron chi connectivity index (χ0n) is 9.95. The van der Waals surface area contributed by atoms with Gasteiger partial charge in [0.2, 0.25) is 0 Å². The van der Waals surface area contributed by atoms with E-state index in [2.05, 4.69) is 11.4 Å². The van der Waals surface area contributed by atoms with Gasteiger partial charge in [0.1, 0.15) is 11.8 Å². The van der Waals surface area contributed by atoms with Crippen LogP contribution in [0.1, 0.15) is 17.4 Å². The highest BCUT2D eigenvalue weighted by Crippen LogP contribution is 2.17. The molecule has 2 rings (SSSR count). The highest BCUT2D eigenvalue weighted by Gasteiger charge is 2.12. The van der Waals surface area contributed by atoms with Gasteiger partial charge in [0, 0.05) is 12.1 Å². The molecule has 1 N–H and O–H groups in total. The molecule has 1 unspecified atom stereocenters. The van der Waals surface area contributed by atoms with E-state index in [9.17, 15) is 10.1 Å². The van der Waals surface area contributed by atoms with Crippen molar-refractivity contribution in [3.63, 3.8) is 0 Å². The molecule has 0 bridgehead atoms. The Morgan fingerprint density at radius 1 is 1.37 bits per heavy atom. The normalized spacial score (nSPS) is 11.7. The van der Waals surface area contributed by atoms with Crippen LogP contribution >= 0.6 is 0 Å². The van der Waals surface area contributed by atoms with Crippen LogP contribution in [0.4, 0.5) is 5.69 Å². The summed E-state index contributed by atoms with van der Waals surface area (Å²) >= 11 is 0. The van der Waals surface area contributed by atoms with E-state index < -0.39 is 11.0 Å². The second kappa shape index (κ2) is 5.80. The van der Waals surface area contributed by atoms with E-state index in [1.807, 2.05) is 0 Å². The molecule has 6 heteroatoms. The van der Waals surface area contributed by atoms with Crippen molar-refractivity contribution < 1.29 is 9.34 Å². The molecule has 19 heavy (non-hydrogen) atoms. The van der Waals surface area contributed by atoms with Crippen LogP contribution < -0.4 is 5.32 Å². The van der Waals surface area contributed by atoms with E-state index in [-0.39, 0.29) is 5.69 Å². The Hall–Kier alpha value is -2.65. The highest BCUT2D eigenvalue weighted by atomic mass is 16.6. The summed E-state index contributed by atoms with van der Waals surface area (Å²) in [5.41, 5.74) is 0.686. The van der Waals surface area contributed by atoms with E-state index in [0.717, 1.165) is 5.76 Å². The predicted molar refractivity (Wildman–Crippen MR) is 67.0 cm³/mol. The third-order valence-electron chi connectivity index (χ3n) is 2.63. The van der Waals surface area contributed by atoms with Gasteiger partial charge < -0.3 is 4.42 Å². The SMILES string of the molecule is N#CC(NCc1ccco1)c1ccc([N+](=O)[O-])cc1. The maximum Gasteiger partial charge on any atom is 0.269 e.